The van der Waals surface area contributed by atoms with Gasteiger partial charge in [0.15, 0.2) is 0 Å². The molecule has 37 heavy (non-hydrogen) atoms. The van der Waals surface area contributed by atoms with Crippen molar-refractivity contribution < 1.29 is 28.7 Å². The number of anilines is 2. The molecule has 4 aliphatic rings. The zero-order chi connectivity index (χ0) is 25.2. The number of nitrogens with zero attached hydrogens (tertiary/aromatic N) is 1. The van der Waals surface area contributed by atoms with E-state index in [0.29, 0.717) is 11.4 Å². The van der Waals surface area contributed by atoms with Gasteiger partial charge in [0, 0.05) is 18.4 Å². The van der Waals surface area contributed by atoms with Gasteiger partial charge in [0.1, 0.15) is 0 Å². The molecule has 0 saturated heterocycles. The van der Waals surface area contributed by atoms with Crippen LogP contribution in [0.5, 0.6) is 0 Å². The Morgan fingerprint density at radius 2 is 0.892 bits per heavy atom. The van der Waals surface area contributed by atoms with Crippen molar-refractivity contribution in [2.75, 3.05) is 11.9 Å². The first-order valence-corrected chi connectivity index (χ1v) is 11.7. The highest BCUT2D eigenvalue weighted by Crippen LogP contribution is 2.62. The summed E-state index contributed by atoms with van der Waals surface area (Å²) in [6, 6.07) is 22.9. The lowest BCUT2D eigenvalue weighted by Crippen LogP contribution is -2.37. The van der Waals surface area contributed by atoms with Crippen LogP contribution in [-0.2, 0) is 14.9 Å². The molecule has 0 radical (unpaired) electrons. The van der Waals surface area contributed by atoms with E-state index in [0.717, 1.165) is 33.4 Å². The first kappa shape index (κ1) is 20.2. The van der Waals surface area contributed by atoms with Gasteiger partial charge >= 0.3 is 23.9 Å². The molecule has 0 atom stereocenters. The van der Waals surface area contributed by atoms with Crippen molar-refractivity contribution in [2.24, 2.45) is 0 Å². The normalized spacial score (nSPS) is 17.1. The lowest BCUT2D eigenvalue weighted by atomic mass is 9.64. The molecule has 4 aromatic rings. The molecular weight excluding hydrogens is 470 g/mol. The third-order valence-electron chi connectivity index (χ3n) is 8.01. The SMILES string of the molecule is CN1c2cc3c(cc2C2(c4ccccc4-c4ccccc42)c2cc4c(cc21)C(=O)OC4=O)C(=O)OC3=O. The topological polar surface area (TPSA) is 90.0 Å². The Balaban J connectivity index is 1.59. The molecule has 0 bridgehead atoms. The number of cyclic esters (lactones) is 4. The van der Waals surface area contributed by atoms with E-state index in [2.05, 4.69) is 12.1 Å². The predicted molar refractivity (Wildman–Crippen MR) is 131 cm³/mol. The van der Waals surface area contributed by atoms with E-state index < -0.39 is 29.3 Å². The molecular formula is C30H15NO6. The van der Waals surface area contributed by atoms with Gasteiger partial charge in [-0.3, -0.25) is 0 Å². The maximum atomic E-state index is 12.7. The Morgan fingerprint density at radius 3 is 1.32 bits per heavy atom. The molecule has 7 heteroatoms. The van der Waals surface area contributed by atoms with E-state index in [1.807, 2.05) is 48.3 Å². The summed E-state index contributed by atoms with van der Waals surface area (Å²) in [7, 11) is 1.83. The first-order chi connectivity index (χ1) is 17.9. The minimum atomic E-state index is -0.924. The molecule has 0 fully saturated rings. The number of benzene rings is 4. The van der Waals surface area contributed by atoms with Crippen LogP contribution in [0, 0.1) is 0 Å². The second kappa shape index (κ2) is 6.39. The number of carbonyl (C=O) groups excluding carboxylic acids is 4. The van der Waals surface area contributed by atoms with Crippen LogP contribution in [0.3, 0.4) is 0 Å². The fourth-order valence-electron chi connectivity index (χ4n) is 6.49. The third-order valence-corrected chi connectivity index (χ3v) is 8.01. The maximum Gasteiger partial charge on any atom is 0.346 e. The van der Waals surface area contributed by atoms with Gasteiger partial charge in [0.25, 0.3) is 0 Å². The maximum absolute atomic E-state index is 12.7. The Morgan fingerprint density at radius 1 is 0.514 bits per heavy atom. The van der Waals surface area contributed by atoms with Gasteiger partial charge in [-0.2, -0.15) is 0 Å². The molecule has 0 saturated carbocycles. The number of fused-ring (bicyclic) bond motifs is 11. The third kappa shape index (κ3) is 2.19. The quantitative estimate of drug-likeness (QED) is 0.231. The van der Waals surface area contributed by atoms with Crippen molar-refractivity contribution in [1.29, 1.82) is 0 Å². The van der Waals surface area contributed by atoms with Crippen LogP contribution < -0.4 is 4.90 Å². The lowest BCUT2D eigenvalue weighted by Gasteiger charge is -2.44. The van der Waals surface area contributed by atoms with Gasteiger partial charge in [-0.05, 0) is 57.6 Å². The van der Waals surface area contributed by atoms with Crippen LogP contribution in [0.2, 0.25) is 0 Å². The van der Waals surface area contributed by atoms with E-state index >= 15 is 0 Å². The Bertz CT molecular complexity index is 1700. The minimum absolute atomic E-state index is 0.199. The molecule has 8 rings (SSSR count). The largest absolute Gasteiger partial charge is 0.386 e. The molecule has 7 nitrogen and oxygen atoms in total. The lowest BCUT2D eigenvalue weighted by molar-refractivity contribution is 0.0425. The highest BCUT2D eigenvalue weighted by Gasteiger charge is 2.53. The summed E-state index contributed by atoms with van der Waals surface area (Å²) < 4.78 is 9.89. The molecule has 1 aliphatic carbocycles. The van der Waals surface area contributed by atoms with E-state index in [-0.39, 0.29) is 22.3 Å². The van der Waals surface area contributed by atoms with Crippen LogP contribution in [-0.4, -0.2) is 30.9 Å². The van der Waals surface area contributed by atoms with Crippen molar-refractivity contribution in [2.45, 2.75) is 5.41 Å². The highest BCUT2D eigenvalue weighted by atomic mass is 16.6. The minimum Gasteiger partial charge on any atom is -0.386 e. The fraction of sp³-hybridized carbons (Fsp3) is 0.0667. The molecule has 1 spiro atoms. The second-order valence-corrected chi connectivity index (χ2v) is 9.58. The number of carbonyl (C=O) groups is 4. The smallest absolute Gasteiger partial charge is 0.346 e. The summed E-state index contributed by atoms with van der Waals surface area (Å²) in [4.78, 5) is 52.2. The summed E-state index contributed by atoms with van der Waals surface area (Å²) in [5, 5.41) is 0. The average molecular weight is 485 g/mol. The number of rotatable bonds is 0. The molecule has 0 unspecified atom stereocenters. The molecule has 4 aromatic carbocycles. The summed E-state index contributed by atoms with van der Waals surface area (Å²) in [5.74, 6) is -2.75. The van der Waals surface area contributed by atoms with Crippen LogP contribution >= 0.6 is 0 Å². The molecule has 0 aromatic heterocycles. The van der Waals surface area contributed by atoms with Crippen molar-refractivity contribution in [3.05, 3.63) is 117 Å². The summed E-state index contributed by atoms with van der Waals surface area (Å²) in [6.45, 7) is 0. The van der Waals surface area contributed by atoms with Crippen molar-refractivity contribution in [3.8, 4) is 11.1 Å². The monoisotopic (exact) mass is 485 g/mol. The zero-order valence-corrected chi connectivity index (χ0v) is 19.3. The number of esters is 4. The molecule has 0 N–H and O–H groups in total. The number of hydrogen-bond acceptors (Lipinski definition) is 7. The zero-order valence-electron chi connectivity index (χ0n) is 19.3. The fourth-order valence-corrected chi connectivity index (χ4v) is 6.49. The first-order valence-electron chi connectivity index (χ1n) is 11.7. The molecule has 176 valence electrons. The Kier molecular flexibility index (Phi) is 3.48. The van der Waals surface area contributed by atoms with Gasteiger partial charge in [0.2, 0.25) is 0 Å². The van der Waals surface area contributed by atoms with Crippen molar-refractivity contribution >= 4 is 35.3 Å². The van der Waals surface area contributed by atoms with Crippen LogP contribution in [0.4, 0.5) is 11.4 Å². The van der Waals surface area contributed by atoms with Gasteiger partial charge in [0.05, 0.1) is 27.7 Å². The molecule has 0 amide bonds. The number of ether oxygens (including phenoxy) is 2. The van der Waals surface area contributed by atoms with E-state index in [1.54, 1.807) is 24.3 Å². The van der Waals surface area contributed by atoms with Gasteiger partial charge in [-0.1, -0.05) is 48.5 Å². The van der Waals surface area contributed by atoms with E-state index in [4.69, 9.17) is 9.47 Å². The summed E-state index contributed by atoms with van der Waals surface area (Å²) >= 11 is 0. The van der Waals surface area contributed by atoms with Gasteiger partial charge < -0.3 is 14.4 Å². The van der Waals surface area contributed by atoms with Crippen molar-refractivity contribution in [1.82, 2.24) is 0 Å². The molecule has 3 heterocycles. The summed E-state index contributed by atoms with van der Waals surface area (Å²) in [5.41, 5.74) is 6.84. The highest BCUT2D eigenvalue weighted by molar-refractivity contribution is 6.17. The van der Waals surface area contributed by atoms with E-state index in [9.17, 15) is 19.2 Å². The second-order valence-electron chi connectivity index (χ2n) is 9.58. The van der Waals surface area contributed by atoms with Gasteiger partial charge in [-0.15, -0.1) is 0 Å². The van der Waals surface area contributed by atoms with Crippen LogP contribution in [0.15, 0.2) is 72.8 Å². The Labute approximate surface area is 209 Å². The van der Waals surface area contributed by atoms with E-state index in [1.165, 1.54) is 0 Å². The van der Waals surface area contributed by atoms with Crippen LogP contribution in [0.1, 0.15) is 63.7 Å². The Hall–Kier alpha value is -5.04. The average Bonchev–Trinajstić information content (AvgIpc) is 3.48. The van der Waals surface area contributed by atoms with Gasteiger partial charge in [-0.25, -0.2) is 19.2 Å². The molecule has 3 aliphatic heterocycles. The summed E-state index contributed by atoms with van der Waals surface area (Å²) in [6.07, 6.45) is 0. The van der Waals surface area contributed by atoms with Crippen molar-refractivity contribution in [3.63, 3.8) is 0 Å². The van der Waals surface area contributed by atoms with Crippen LogP contribution in [0.25, 0.3) is 11.1 Å². The standard InChI is InChI=1S/C30H15NO6/c1-31-24-12-18-16(26(32)36-28(18)34)10-22(24)30(23-11-17-19(13-25(23)31)29(35)37-27(17)33)20-8-4-2-6-14(20)15-7-3-5-9-21(15)30/h2-13H,1H3. The predicted octanol–water partition coefficient (Wildman–Crippen LogP) is 4.75. The number of hydrogen-bond donors (Lipinski definition) is 0.